The van der Waals surface area contributed by atoms with Crippen LogP contribution in [-0.4, -0.2) is 36.4 Å². The molecular formula is C18H19NO5S2. The largest absolute Gasteiger partial charge is 0.490 e. The van der Waals surface area contributed by atoms with Crippen LogP contribution in [0.5, 0.6) is 5.75 Å². The van der Waals surface area contributed by atoms with E-state index >= 15 is 0 Å². The van der Waals surface area contributed by atoms with E-state index < -0.39 is 22.0 Å². The number of rotatable bonds is 7. The van der Waals surface area contributed by atoms with Crippen molar-refractivity contribution in [1.29, 1.82) is 0 Å². The summed E-state index contributed by atoms with van der Waals surface area (Å²) in [5.41, 5.74) is 0. The number of thiophene rings is 1. The third-order valence-corrected chi connectivity index (χ3v) is 7.20. The Morgan fingerprint density at radius 2 is 2.12 bits per heavy atom. The Bertz CT molecular complexity index is 918. The highest BCUT2D eigenvalue weighted by Gasteiger charge is 2.42. The number of nitrogens with zero attached hydrogens (tertiary/aromatic N) is 1. The first-order valence-corrected chi connectivity index (χ1v) is 10.4. The van der Waals surface area contributed by atoms with Crippen LogP contribution in [0.2, 0.25) is 0 Å². The first-order chi connectivity index (χ1) is 12.4. The third-order valence-electron chi connectivity index (χ3n) is 4.07. The Morgan fingerprint density at radius 1 is 1.38 bits per heavy atom. The van der Waals surface area contributed by atoms with Crippen LogP contribution in [0, 0.1) is 0 Å². The number of hydrogen-bond acceptors (Lipinski definition) is 5. The van der Waals surface area contributed by atoms with Gasteiger partial charge >= 0.3 is 5.97 Å². The molecule has 1 N–H and O–H groups in total. The van der Waals surface area contributed by atoms with Gasteiger partial charge in [0.05, 0.1) is 11.4 Å². The number of aliphatic carboxylic acids is 1. The van der Waals surface area contributed by atoms with Gasteiger partial charge in [0, 0.05) is 9.75 Å². The van der Waals surface area contributed by atoms with Crippen LogP contribution in [0.1, 0.15) is 23.1 Å². The van der Waals surface area contributed by atoms with Crippen molar-refractivity contribution in [2.45, 2.75) is 30.8 Å². The highest BCUT2D eigenvalue weighted by atomic mass is 32.2. The molecule has 2 heterocycles. The second-order valence-electron chi connectivity index (χ2n) is 5.78. The van der Waals surface area contributed by atoms with Crippen molar-refractivity contribution in [3.05, 3.63) is 52.2 Å². The Kier molecular flexibility index (Phi) is 5.45. The molecule has 2 aromatic rings. The van der Waals surface area contributed by atoms with E-state index in [2.05, 4.69) is 0 Å². The molecule has 1 aromatic heterocycles. The molecule has 0 fully saturated rings. The number of benzene rings is 1. The van der Waals surface area contributed by atoms with Crippen LogP contribution >= 0.6 is 11.3 Å². The fraction of sp³-hybridized carbons (Fsp3) is 0.278. The van der Waals surface area contributed by atoms with Crippen LogP contribution in [-0.2, 0) is 21.4 Å². The van der Waals surface area contributed by atoms with Gasteiger partial charge < -0.3 is 9.84 Å². The third kappa shape index (κ3) is 3.67. The van der Waals surface area contributed by atoms with Gasteiger partial charge in [0.1, 0.15) is 18.4 Å². The predicted octanol–water partition coefficient (Wildman–Crippen LogP) is 3.21. The number of carboxylic acids is 1. The molecule has 1 aliphatic heterocycles. The molecule has 8 heteroatoms. The van der Waals surface area contributed by atoms with Gasteiger partial charge in [0.2, 0.25) is 10.0 Å². The lowest BCUT2D eigenvalue weighted by Crippen LogP contribution is -2.40. The summed E-state index contributed by atoms with van der Waals surface area (Å²) in [4.78, 5) is 13.0. The minimum atomic E-state index is -3.76. The molecule has 0 aliphatic carbocycles. The number of para-hydroxylation sites is 1. The maximum Gasteiger partial charge on any atom is 0.322 e. The lowest BCUT2D eigenvalue weighted by molar-refractivity contribution is -0.141. The number of fused-ring (bicyclic) bond motifs is 1. The molecule has 6 nitrogen and oxygen atoms in total. The number of ether oxygens (including phenoxy) is 1. The average Bonchev–Trinajstić information content (AvgIpc) is 3.12. The van der Waals surface area contributed by atoms with E-state index in [0.717, 1.165) is 14.9 Å². The second-order valence-corrected chi connectivity index (χ2v) is 8.80. The number of sulfonamides is 1. The van der Waals surface area contributed by atoms with E-state index in [1.807, 2.05) is 42.5 Å². The van der Waals surface area contributed by atoms with Crippen molar-refractivity contribution in [1.82, 2.24) is 4.31 Å². The maximum atomic E-state index is 12.6. The van der Waals surface area contributed by atoms with Gasteiger partial charge in [0.15, 0.2) is 0 Å². The topological polar surface area (TPSA) is 83.9 Å². The van der Waals surface area contributed by atoms with Gasteiger partial charge in [0.25, 0.3) is 0 Å². The Morgan fingerprint density at radius 3 is 2.73 bits per heavy atom. The predicted molar refractivity (Wildman–Crippen MR) is 99.7 cm³/mol. The zero-order chi connectivity index (χ0) is 18.7. The van der Waals surface area contributed by atoms with Crippen LogP contribution < -0.4 is 4.74 Å². The Balaban J connectivity index is 1.69. The molecule has 0 saturated carbocycles. The molecule has 1 aliphatic rings. The van der Waals surface area contributed by atoms with Gasteiger partial charge in [-0.05, 0) is 36.8 Å². The van der Waals surface area contributed by atoms with Crippen LogP contribution in [0.15, 0.2) is 47.4 Å². The average molecular weight is 393 g/mol. The van der Waals surface area contributed by atoms with Gasteiger partial charge in [-0.3, -0.25) is 4.79 Å². The van der Waals surface area contributed by atoms with Gasteiger partial charge in [-0.1, -0.05) is 25.1 Å². The van der Waals surface area contributed by atoms with Crippen LogP contribution in [0.25, 0.3) is 6.08 Å². The molecule has 0 amide bonds. The fourth-order valence-electron chi connectivity index (χ4n) is 2.80. The standard InChI is InChI=1S/C18H19NO5S2/c1-2-15(18(20)21)19-12-16-17(26(19,22)23)11-14(25-16)9-6-10-24-13-7-4-3-5-8-13/h3-9,11,15H,2,10,12H2,1H3,(H,20,21). The summed E-state index contributed by atoms with van der Waals surface area (Å²) in [6.45, 7) is 2.16. The molecule has 0 spiro atoms. The number of carboxylic acid groups (broad SMARTS) is 1. The first-order valence-electron chi connectivity index (χ1n) is 8.15. The molecule has 0 radical (unpaired) electrons. The Labute approximate surface area is 156 Å². The summed E-state index contributed by atoms with van der Waals surface area (Å²) >= 11 is 1.36. The maximum absolute atomic E-state index is 12.6. The quantitative estimate of drug-likeness (QED) is 0.781. The monoisotopic (exact) mass is 393 g/mol. The summed E-state index contributed by atoms with van der Waals surface area (Å²) < 4.78 is 31.9. The van der Waals surface area contributed by atoms with Crippen LogP contribution in [0.3, 0.4) is 0 Å². The van der Waals surface area contributed by atoms with Crippen molar-refractivity contribution in [3.63, 3.8) is 0 Å². The van der Waals surface area contributed by atoms with Gasteiger partial charge in [-0.15, -0.1) is 11.3 Å². The molecule has 26 heavy (non-hydrogen) atoms. The van der Waals surface area contributed by atoms with Crippen molar-refractivity contribution in [3.8, 4) is 5.75 Å². The summed E-state index contributed by atoms with van der Waals surface area (Å²) in [5, 5.41) is 9.25. The zero-order valence-electron chi connectivity index (χ0n) is 14.2. The lowest BCUT2D eigenvalue weighted by Gasteiger charge is -2.21. The summed E-state index contributed by atoms with van der Waals surface area (Å²) in [7, 11) is -3.76. The first kappa shape index (κ1) is 18.6. The molecule has 1 unspecified atom stereocenters. The highest BCUT2D eigenvalue weighted by Crippen LogP contribution is 2.38. The zero-order valence-corrected chi connectivity index (χ0v) is 15.8. The molecule has 1 atom stereocenters. The second kappa shape index (κ2) is 7.61. The van der Waals surface area contributed by atoms with Crippen molar-refractivity contribution >= 4 is 33.4 Å². The van der Waals surface area contributed by atoms with Crippen molar-refractivity contribution < 1.29 is 23.1 Å². The van der Waals surface area contributed by atoms with Crippen LogP contribution in [0.4, 0.5) is 0 Å². The summed E-state index contributed by atoms with van der Waals surface area (Å²) in [6.07, 6.45) is 3.87. The van der Waals surface area contributed by atoms with Crippen molar-refractivity contribution in [2.75, 3.05) is 6.61 Å². The number of carbonyl (C=O) groups is 1. The van der Waals surface area contributed by atoms with E-state index in [1.165, 1.54) is 11.3 Å². The van der Waals surface area contributed by atoms with E-state index in [9.17, 15) is 18.3 Å². The molecule has 138 valence electrons. The van der Waals surface area contributed by atoms with E-state index in [1.54, 1.807) is 13.0 Å². The van der Waals surface area contributed by atoms with Gasteiger partial charge in [-0.2, -0.15) is 4.31 Å². The molecule has 0 saturated heterocycles. The lowest BCUT2D eigenvalue weighted by atomic mass is 10.2. The van der Waals surface area contributed by atoms with E-state index in [0.29, 0.717) is 11.5 Å². The smallest absolute Gasteiger partial charge is 0.322 e. The number of hydrogen-bond donors (Lipinski definition) is 1. The van der Waals surface area contributed by atoms with E-state index in [4.69, 9.17) is 4.74 Å². The Hall–Kier alpha value is -2.16. The van der Waals surface area contributed by atoms with Crippen molar-refractivity contribution in [2.24, 2.45) is 0 Å². The molecule has 1 aromatic carbocycles. The summed E-state index contributed by atoms with van der Waals surface area (Å²) in [5.74, 6) is -0.354. The molecular weight excluding hydrogens is 374 g/mol. The molecule has 0 bridgehead atoms. The summed E-state index contributed by atoms with van der Waals surface area (Å²) in [6, 6.07) is 9.98. The van der Waals surface area contributed by atoms with E-state index in [-0.39, 0.29) is 17.9 Å². The molecule has 3 rings (SSSR count). The normalized spacial score (nSPS) is 17.3. The van der Waals surface area contributed by atoms with Gasteiger partial charge in [-0.25, -0.2) is 8.42 Å². The SMILES string of the molecule is CCC(C(=O)O)N1Cc2sc(C=CCOc3ccccc3)cc2S1(=O)=O. The minimum absolute atomic E-state index is 0.113. The fourth-order valence-corrected chi connectivity index (χ4v) is 6.14. The minimum Gasteiger partial charge on any atom is -0.490 e. The highest BCUT2D eigenvalue weighted by molar-refractivity contribution is 7.89.